The fourth-order valence-electron chi connectivity index (χ4n) is 0.280. The van der Waals surface area contributed by atoms with Gasteiger partial charge in [0.2, 0.25) is 4.74 Å². The second kappa shape index (κ2) is 2.17. The van der Waals surface area contributed by atoms with Crippen molar-refractivity contribution in [2.45, 2.75) is 6.92 Å². The molecule has 8 heavy (non-hydrogen) atoms. The molecule has 1 rings (SSSR count). The second-order valence-corrected chi connectivity index (χ2v) is 4.07. The number of halogens is 1. The fraction of sp³-hybridized carbons (Fsp3) is 0.250. The minimum atomic E-state index is 0.0833. The Morgan fingerprint density at radius 1 is 1.50 bits per heavy atom. The highest BCUT2D eigenvalue weighted by Gasteiger charge is 2.00. The summed E-state index contributed by atoms with van der Waals surface area (Å²) in [4.78, 5) is 10.6. The molecule has 0 N–H and O–H groups in total. The summed E-state index contributed by atoms with van der Waals surface area (Å²) in [6.07, 6.45) is 0. The van der Waals surface area contributed by atoms with Crippen LogP contribution in [0.4, 0.5) is 0 Å². The smallest absolute Gasteiger partial charge is 0.247 e. The lowest BCUT2D eigenvalue weighted by atomic mass is 10.5. The molecule has 1 nitrogen and oxygen atoms in total. The Balaban J connectivity index is 3.41. The minimum Gasteiger partial charge on any atom is -0.277 e. The van der Waals surface area contributed by atoms with Crippen molar-refractivity contribution in [2.75, 3.05) is 0 Å². The quantitative estimate of drug-likeness (QED) is 0.540. The largest absolute Gasteiger partial charge is 0.277 e. The molecule has 4 heteroatoms. The molecule has 1 aromatic rings. The summed E-state index contributed by atoms with van der Waals surface area (Å²) in [5.41, 5.74) is 0.682. The first-order chi connectivity index (χ1) is 3.72. The molecule has 0 aromatic carbocycles. The van der Waals surface area contributed by atoms with Crippen LogP contribution in [0.3, 0.4) is 0 Å². The van der Waals surface area contributed by atoms with E-state index in [2.05, 4.69) is 0 Å². The van der Waals surface area contributed by atoms with E-state index in [9.17, 15) is 4.79 Å². The van der Waals surface area contributed by atoms with Gasteiger partial charge in [-0.3, -0.25) is 4.79 Å². The molecule has 0 aliphatic carbocycles. The molecule has 1 aromatic heterocycles. The average molecular weight is 167 g/mol. The van der Waals surface area contributed by atoms with Crippen molar-refractivity contribution >= 4 is 32.3 Å². The zero-order valence-electron chi connectivity index (χ0n) is 4.10. The Labute approximate surface area is 58.9 Å². The molecule has 0 radical (unpaired) electrons. The molecule has 44 valence electrons. The van der Waals surface area contributed by atoms with Gasteiger partial charge in [-0.25, -0.2) is 0 Å². The Hall–Kier alpha value is 0.140. The molecule has 0 fully saturated rings. The molecule has 0 saturated carbocycles. The van der Waals surface area contributed by atoms with E-state index in [4.69, 9.17) is 11.6 Å². The van der Waals surface area contributed by atoms with Gasteiger partial charge in [0.1, 0.15) is 4.34 Å². The third kappa shape index (κ3) is 0.940. The lowest BCUT2D eigenvalue weighted by molar-refractivity contribution is 1.51. The van der Waals surface area contributed by atoms with Gasteiger partial charge in [0.05, 0.1) is 0 Å². The Morgan fingerprint density at radius 3 is 2.25 bits per heavy atom. The van der Waals surface area contributed by atoms with Crippen LogP contribution in [0.5, 0.6) is 0 Å². The normalized spacial score (nSPS) is 9.75. The third-order valence-electron chi connectivity index (χ3n) is 0.792. The zero-order chi connectivity index (χ0) is 6.15. The van der Waals surface area contributed by atoms with Gasteiger partial charge in [0.25, 0.3) is 0 Å². The topological polar surface area (TPSA) is 17.1 Å². The summed E-state index contributed by atoms with van der Waals surface area (Å²) in [7, 11) is 2.51. The van der Waals surface area contributed by atoms with E-state index in [1.807, 2.05) is 0 Å². The molecule has 0 amide bonds. The van der Waals surface area contributed by atoms with Crippen molar-refractivity contribution in [3.8, 4) is 0 Å². The average Bonchev–Trinajstić information content (AvgIpc) is 1.98. The van der Waals surface area contributed by atoms with Gasteiger partial charge in [0.15, 0.2) is 0 Å². The molecule has 0 spiro atoms. The first-order valence-corrected chi connectivity index (χ1v) is 4.50. The van der Waals surface area contributed by atoms with Crippen LogP contribution in [0.2, 0.25) is 4.34 Å². The first-order valence-electron chi connectivity index (χ1n) is 1.97. The maximum atomic E-state index is 10.6. The summed E-state index contributed by atoms with van der Waals surface area (Å²) >= 11 is 5.56. The number of hydrogen-bond acceptors (Lipinski definition) is 3. The van der Waals surface area contributed by atoms with E-state index in [1.165, 1.54) is 20.7 Å². The van der Waals surface area contributed by atoms with E-state index in [-0.39, 0.29) is 4.74 Å². The monoisotopic (exact) mass is 166 g/mol. The van der Waals surface area contributed by atoms with E-state index >= 15 is 0 Å². The Morgan fingerprint density at radius 2 is 2.12 bits per heavy atom. The summed E-state index contributed by atoms with van der Waals surface area (Å²) in [5, 5.41) is 0. The van der Waals surface area contributed by atoms with Crippen LogP contribution in [0, 0.1) is 6.92 Å². The van der Waals surface area contributed by atoms with E-state index in [0.29, 0.717) is 9.90 Å². The van der Waals surface area contributed by atoms with Gasteiger partial charge < -0.3 is 0 Å². The summed E-state index contributed by atoms with van der Waals surface area (Å²) in [6.45, 7) is 1.73. The predicted molar refractivity (Wildman–Crippen MR) is 38.2 cm³/mol. The standard InChI is InChI=1S/C4H3ClOS2/c1-2-3(5)7-8-4(2)6/h1H3. The Kier molecular flexibility index (Phi) is 1.70. The highest BCUT2D eigenvalue weighted by Crippen LogP contribution is 2.20. The highest BCUT2D eigenvalue weighted by molar-refractivity contribution is 7.69. The van der Waals surface area contributed by atoms with Crippen LogP contribution in [-0.4, -0.2) is 0 Å². The van der Waals surface area contributed by atoms with Crippen LogP contribution in [0.25, 0.3) is 0 Å². The molecule has 0 aliphatic heterocycles. The molecule has 0 unspecified atom stereocenters. The molecule has 0 aliphatic rings. The van der Waals surface area contributed by atoms with E-state index in [1.54, 1.807) is 6.92 Å². The fourth-order valence-corrected chi connectivity index (χ4v) is 2.56. The second-order valence-electron chi connectivity index (χ2n) is 1.35. The van der Waals surface area contributed by atoms with Gasteiger partial charge >= 0.3 is 0 Å². The maximum absolute atomic E-state index is 10.6. The zero-order valence-corrected chi connectivity index (χ0v) is 6.49. The van der Waals surface area contributed by atoms with Crippen molar-refractivity contribution in [2.24, 2.45) is 0 Å². The van der Waals surface area contributed by atoms with Crippen LogP contribution >= 0.6 is 32.3 Å². The third-order valence-corrected chi connectivity index (χ3v) is 3.78. The summed E-state index contributed by atoms with van der Waals surface area (Å²) in [6, 6.07) is 0. The van der Waals surface area contributed by atoms with Gasteiger partial charge in [0, 0.05) is 5.56 Å². The van der Waals surface area contributed by atoms with Gasteiger partial charge in [-0.05, 0) is 17.3 Å². The van der Waals surface area contributed by atoms with Gasteiger partial charge in [-0.1, -0.05) is 21.9 Å². The van der Waals surface area contributed by atoms with Crippen LogP contribution in [0.1, 0.15) is 5.56 Å². The molecule has 0 bridgehead atoms. The van der Waals surface area contributed by atoms with Crippen LogP contribution in [-0.2, 0) is 0 Å². The van der Waals surface area contributed by atoms with Crippen molar-refractivity contribution in [1.82, 2.24) is 0 Å². The summed E-state index contributed by atoms with van der Waals surface area (Å²) < 4.78 is 0.708. The van der Waals surface area contributed by atoms with Crippen molar-refractivity contribution < 1.29 is 0 Å². The van der Waals surface area contributed by atoms with Crippen LogP contribution in [0.15, 0.2) is 4.79 Å². The lowest BCUT2D eigenvalue weighted by Crippen LogP contribution is -1.90. The number of rotatable bonds is 0. The molecular weight excluding hydrogens is 164 g/mol. The SMILES string of the molecule is Cc1c(Cl)ssc1=O. The van der Waals surface area contributed by atoms with E-state index < -0.39 is 0 Å². The van der Waals surface area contributed by atoms with Gasteiger partial charge in [-0.15, -0.1) is 0 Å². The van der Waals surface area contributed by atoms with Crippen molar-refractivity contribution in [3.05, 3.63) is 19.4 Å². The molecular formula is C4H3ClOS2. The molecule has 0 saturated heterocycles. The van der Waals surface area contributed by atoms with Crippen molar-refractivity contribution in [3.63, 3.8) is 0 Å². The lowest BCUT2D eigenvalue weighted by Gasteiger charge is -1.74. The predicted octanol–water partition coefficient (Wildman–Crippen LogP) is 2.13. The van der Waals surface area contributed by atoms with Crippen molar-refractivity contribution in [1.29, 1.82) is 0 Å². The highest BCUT2D eigenvalue weighted by atomic mass is 35.5. The maximum Gasteiger partial charge on any atom is 0.247 e. The van der Waals surface area contributed by atoms with Gasteiger partial charge in [-0.2, -0.15) is 0 Å². The Bertz CT molecular complexity index is 236. The molecule has 1 heterocycles. The number of hydrogen-bond donors (Lipinski definition) is 0. The minimum absolute atomic E-state index is 0.0833. The van der Waals surface area contributed by atoms with E-state index in [0.717, 1.165) is 0 Å². The first kappa shape index (κ1) is 6.26. The van der Waals surface area contributed by atoms with Crippen LogP contribution < -0.4 is 4.74 Å². The summed E-state index contributed by atoms with van der Waals surface area (Å²) in [5.74, 6) is 0. The molecule has 0 atom stereocenters.